The highest BCUT2D eigenvalue weighted by Crippen LogP contribution is 2.25. The van der Waals surface area contributed by atoms with Crippen LogP contribution in [0.2, 0.25) is 0 Å². The molecular weight excluding hydrogens is 238 g/mol. The highest BCUT2D eigenvalue weighted by atomic mass is 16.1. The predicted octanol–water partition coefficient (Wildman–Crippen LogP) is 2.64. The third kappa shape index (κ3) is 3.22. The minimum absolute atomic E-state index is 0.0493. The Kier molecular flexibility index (Phi) is 3.69. The molecular formula is C15H19N3O. The van der Waals surface area contributed by atoms with Crippen LogP contribution in [-0.4, -0.2) is 16.1 Å². The minimum Gasteiger partial charge on any atom is -0.348 e. The summed E-state index contributed by atoms with van der Waals surface area (Å²) < 4.78 is 0. The topological polar surface area (TPSA) is 57.8 Å². The Morgan fingerprint density at radius 3 is 2.68 bits per heavy atom. The first-order valence-corrected chi connectivity index (χ1v) is 6.34. The number of benzene rings is 1. The van der Waals surface area contributed by atoms with E-state index in [4.69, 9.17) is 0 Å². The number of aromatic nitrogens is 2. The number of carbonyl (C=O) groups excluding carboxylic acids is 1. The fourth-order valence-electron chi connectivity index (χ4n) is 1.99. The van der Waals surface area contributed by atoms with Crippen LogP contribution in [0.1, 0.15) is 42.3 Å². The number of aromatic amines is 1. The van der Waals surface area contributed by atoms with Gasteiger partial charge in [0.05, 0.1) is 6.20 Å². The minimum atomic E-state index is -0.0520. The first-order valence-electron chi connectivity index (χ1n) is 6.34. The van der Waals surface area contributed by atoms with Crippen LogP contribution in [0, 0.1) is 0 Å². The van der Waals surface area contributed by atoms with Gasteiger partial charge in [0.1, 0.15) is 0 Å². The molecule has 1 aromatic carbocycles. The number of nitrogens with one attached hydrogen (secondary N) is 2. The Bertz CT molecular complexity index is 553. The summed E-state index contributed by atoms with van der Waals surface area (Å²) >= 11 is 0. The van der Waals surface area contributed by atoms with E-state index in [1.54, 1.807) is 12.4 Å². The van der Waals surface area contributed by atoms with Gasteiger partial charge in [-0.2, -0.15) is 5.10 Å². The average molecular weight is 257 g/mol. The Morgan fingerprint density at radius 1 is 1.32 bits per heavy atom. The number of rotatable bonds is 3. The van der Waals surface area contributed by atoms with E-state index >= 15 is 0 Å². The molecule has 0 unspecified atom stereocenters. The van der Waals surface area contributed by atoms with Crippen LogP contribution in [0.4, 0.5) is 0 Å². The maximum absolute atomic E-state index is 12.3. The molecule has 0 saturated heterocycles. The second-order valence-corrected chi connectivity index (χ2v) is 5.58. The van der Waals surface area contributed by atoms with Crippen molar-refractivity contribution in [2.75, 3.05) is 0 Å². The van der Waals surface area contributed by atoms with Gasteiger partial charge in [-0.1, -0.05) is 39.0 Å². The van der Waals surface area contributed by atoms with E-state index in [0.717, 1.165) is 16.7 Å². The first kappa shape index (κ1) is 13.3. The highest BCUT2D eigenvalue weighted by molar-refractivity contribution is 5.96. The number of amides is 1. The number of nitrogens with zero attached hydrogens (tertiary/aromatic N) is 1. The van der Waals surface area contributed by atoms with Gasteiger partial charge in [0.15, 0.2) is 0 Å². The molecule has 4 nitrogen and oxygen atoms in total. The quantitative estimate of drug-likeness (QED) is 0.888. The molecule has 1 amide bonds. The van der Waals surface area contributed by atoms with Gasteiger partial charge >= 0.3 is 0 Å². The van der Waals surface area contributed by atoms with Crippen molar-refractivity contribution < 1.29 is 4.79 Å². The van der Waals surface area contributed by atoms with Gasteiger partial charge in [-0.15, -0.1) is 0 Å². The molecule has 0 aliphatic rings. The summed E-state index contributed by atoms with van der Waals surface area (Å²) in [6.45, 7) is 6.80. The SMILES string of the molecule is CC(C)(C)c1ccccc1C(=O)NCc1cn[nH]c1. The van der Waals surface area contributed by atoms with Crippen LogP contribution < -0.4 is 5.32 Å². The van der Waals surface area contributed by atoms with Crippen LogP contribution in [0.15, 0.2) is 36.7 Å². The Balaban J connectivity index is 2.15. The molecule has 19 heavy (non-hydrogen) atoms. The van der Waals surface area contributed by atoms with E-state index in [-0.39, 0.29) is 11.3 Å². The standard InChI is InChI=1S/C15H19N3O/c1-15(2,3)13-7-5-4-6-12(13)14(19)16-8-11-9-17-18-10-11/h4-7,9-10H,8H2,1-3H3,(H,16,19)(H,17,18). The molecule has 1 aromatic heterocycles. The van der Waals surface area contributed by atoms with Crippen LogP contribution in [-0.2, 0) is 12.0 Å². The molecule has 2 rings (SSSR count). The smallest absolute Gasteiger partial charge is 0.251 e. The summed E-state index contributed by atoms with van der Waals surface area (Å²) in [4.78, 5) is 12.3. The zero-order valence-electron chi connectivity index (χ0n) is 11.5. The molecule has 2 aromatic rings. The van der Waals surface area contributed by atoms with Crippen LogP contribution in [0.3, 0.4) is 0 Å². The lowest BCUT2D eigenvalue weighted by Crippen LogP contribution is -2.26. The summed E-state index contributed by atoms with van der Waals surface area (Å²) in [7, 11) is 0. The number of carbonyl (C=O) groups is 1. The normalized spacial score (nSPS) is 11.3. The lowest BCUT2D eigenvalue weighted by atomic mass is 9.83. The fraction of sp³-hybridized carbons (Fsp3) is 0.333. The molecule has 0 spiro atoms. The molecule has 4 heteroatoms. The van der Waals surface area contributed by atoms with Gasteiger partial charge in [-0.25, -0.2) is 0 Å². The summed E-state index contributed by atoms with van der Waals surface area (Å²) in [5.74, 6) is -0.0493. The summed E-state index contributed by atoms with van der Waals surface area (Å²) in [5.41, 5.74) is 2.70. The average Bonchev–Trinajstić information content (AvgIpc) is 2.88. The van der Waals surface area contributed by atoms with Gasteiger partial charge in [0.25, 0.3) is 5.91 Å². The third-order valence-electron chi connectivity index (χ3n) is 2.99. The summed E-state index contributed by atoms with van der Waals surface area (Å²) in [5, 5.41) is 9.50. The van der Waals surface area contributed by atoms with E-state index in [1.165, 1.54) is 0 Å². The van der Waals surface area contributed by atoms with Crippen molar-refractivity contribution in [1.82, 2.24) is 15.5 Å². The van der Waals surface area contributed by atoms with Crippen LogP contribution in [0.25, 0.3) is 0 Å². The van der Waals surface area contributed by atoms with Crippen LogP contribution in [0.5, 0.6) is 0 Å². The van der Waals surface area contributed by atoms with Crippen molar-refractivity contribution in [3.05, 3.63) is 53.3 Å². The summed E-state index contributed by atoms with van der Waals surface area (Å²) in [6, 6.07) is 7.73. The lowest BCUT2D eigenvalue weighted by Gasteiger charge is -2.22. The second-order valence-electron chi connectivity index (χ2n) is 5.58. The van der Waals surface area contributed by atoms with Crippen molar-refractivity contribution >= 4 is 5.91 Å². The van der Waals surface area contributed by atoms with Gasteiger partial charge in [-0.05, 0) is 17.0 Å². The highest BCUT2D eigenvalue weighted by Gasteiger charge is 2.20. The van der Waals surface area contributed by atoms with Crippen molar-refractivity contribution in [3.8, 4) is 0 Å². The molecule has 0 aliphatic heterocycles. The summed E-state index contributed by atoms with van der Waals surface area (Å²) in [6.07, 6.45) is 3.48. The van der Waals surface area contributed by atoms with Crippen molar-refractivity contribution in [2.45, 2.75) is 32.7 Å². The van der Waals surface area contributed by atoms with Crippen LogP contribution >= 0.6 is 0 Å². The van der Waals surface area contributed by atoms with Gasteiger partial charge < -0.3 is 5.32 Å². The maximum Gasteiger partial charge on any atom is 0.251 e. The van der Waals surface area contributed by atoms with E-state index in [2.05, 4.69) is 36.3 Å². The Morgan fingerprint density at radius 2 is 2.05 bits per heavy atom. The molecule has 0 aliphatic carbocycles. The fourth-order valence-corrected chi connectivity index (χ4v) is 1.99. The molecule has 100 valence electrons. The van der Waals surface area contributed by atoms with E-state index < -0.39 is 0 Å². The zero-order valence-corrected chi connectivity index (χ0v) is 11.5. The zero-order chi connectivity index (χ0) is 13.9. The monoisotopic (exact) mass is 257 g/mol. The molecule has 1 heterocycles. The molecule has 2 N–H and O–H groups in total. The Hall–Kier alpha value is -2.10. The van der Waals surface area contributed by atoms with E-state index in [0.29, 0.717) is 6.54 Å². The maximum atomic E-state index is 12.3. The number of hydrogen-bond acceptors (Lipinski definition) is 2. The molecule has 0 atom stereocenters. The van der Waals surface area contributed by atoms with Gasteiger partial charge in [-0.3, -0.25) is 9.89 Å². The molecule has 0 radical (unpaired) electrons. The third-order valence-corrected chi connectivity index (χ3v) is 2.99. The molecule has 0 fully saturated rings. The van der Waals surface area contributed by atoms with E-state index in [9.17, 15) is 4.79 Å². The predicted molar refractivity (Wildman–Crippen MR) is 74.9 cm³/mol. The lowest BCUT2D eigenvalue weighted by molar-refractivity contribution is 0.0948. The first-order chi connectivity index (χ1) is 8.98. The second kappa shape index (κ2) is 5.26. The number of H-pyrrole nitrogens is 1. The molecule has 0 saturated carbocycles. The molecule has 0 bridgehead atoms. The van der Waals surface area contributed by atoms with Crippen molar-refractivity contribution in [1.29, 1.82) is 0 Å². The number of hydrogen-bond donors (Lipinski definition) is 2. The van der Waals surface area contributed by atoms with Crippen molar-refractivity contribution in [2.24, 2.45) is 0 Å². The van der Waals surface area contributed by atoms with Gasteiger partial charge in [0, 0.05) is 23.9 Å². The van der Waals surface area contributed by atoms with Crippen molar-refractivity contribution in [3.63, 3.8) is 0 Å². The Labute approximate surface area is 113 Å². The van der Waals surface area contributed by atoms with E-state index in [1.807, 2.05) is 24.3 Å². The largest absolute Gasteiger partial charge is 0.348 e. The van der Waals surface area contributed by atoms with Gasteiger partial charge in [0.2, 0.25) is 0 Å².